The van der Waals surface area contributed by atoms with E-state index in [1.165, 1.54) is 5.56 Å². The molecule has 0 saturated carbocycles. The van der Waals surface area contributed by atoms with E-state index >= 15 is 0 Å². The maximum atomic E-state index is 13.1. The number of amides is 2. The molecule has 2 atom stereocenters. The van der Waals surface area contributed by atoms with E-state index in [0.717, 1.165) is 17.5 Å². The molecule has 0 radical (unpaired) electrons. The summed E-state index contributed by atoms with van der Waals surface area (Å²) in [5.41, 5.74) is 3.32. The highest BCUT2D eigenvalue weighted by Gasteiger charge is 2.27. The molecular weight excluding hydrogens is 388 g/mol. The Kier molecular flexibility index (Phi) is 9.10. The lowest BCUT2D eigenvalue weighted by molar-refractivity contribution is -0.142. The van der Waals surface area contributed by atoms with Crippen molar-refractivity contribution in [1.29, 1.82) is 0 Å². The fraction of sp³-hybridized carbons (Fsp3) is 0.462. The van der Waals surface area contributed by atoms with Crippen LogP contribution >= 0.6 is 0 Å². The highest BCUT2D eigenvalue weighted by atomic mass is 16.5. The van der Waals surface area contributed by atoms with E-state index in [1.807, 2.05) is 69.3 Å². The van der Waals surface area contributed by atoms with E-state index in [1.54, 1.807) is 11.8 Å². The Labute approximate surface area is 186 Å². The van der Waals surface area contributed by atoms with E-state index in [9.17, 15) is 9.59 Å². The monoisotopic (exact) mass is 424 g/mol. The lowest BCUT2D eigenvalue weighted by Gasteiger charge is -2.30. The molecule has 2 rings (SSSR count). The SMILES string of the molecule is CC[C@@H](C)NC(=O)[C@H](C)N(Cc1ccccc1C)C(=O)COc1ccc(C(C)C)cc1. The highest BCUT2D eigenvalue weighted by Crippen LogP contribution is 2.19. The van der Waals surface area contributed by atoms with Crippen molar-refractivity contribution in [2.24, 2.45) is 0 Å². The Balaban J connectivity index is 2.14. The molecule has 0 aromatic heterocycles. The van der Waals surface area contributed by atoms with E-state index in [4.69, 9.17) is 4.74 Å². The molecule has 0 aliphatic carbocycles. The van der Waals surface area contributed by atoms with E-state index in [-0.39, 0.29) is 24.5 Å². The van der Waals surface area contributed by atoms with Gasteiger partial charge < -0.3 is 15.0 Å². The quantitative estimate of drug-likeness (QED) is 0.594. The van der Waals surface area contributed by atoms with Crippen LogP contribution < -0.4 is 10.1 Å². The number of carbonyl (C=O) groups is 2. The Morgan fingerprint density at radius 3 is 2.23 bits per heavy atom. The van der Waals surface area contributed by atoms with Crippen LogP contribution in [0.1, 0.15) is 63.6 Å². The minimum absolute atomic E-state index is 0.0566. The highest BCUT2D eigenvalue weighted by molar-refractivity contribution is 5.88. The average molecular weight is 425 g/mol. The fourth-order valence-electron chi connectivity index (χ4n) is 3.20. The molecule has 0 aliphatic rings. The normalized spacial score (nSPS) is 12.9. The summed E-state index contributed by atoms with van der Waals surface area (Å²) >= 11 is 0. The second-order valence-electron chi connectivity index (χ2n) is 8.45. The topological polar surface area (TPSA) is 58.6 Å². The van der Waals surface area contributed by atoms with Crippen molar-refractivity contribution < 1.29 is 14.3 Å². The van der Waals surface area contributed by atoms with Gasteiger partial charge in [-0.15, -0.1) is 0 Å². The number of ether oxygens (including phenoxy) is 1. The van der Waals surface area contributed by atoms with Crippen LogP contribution in [0.4, 0.5) is 0 Å². The van der Waals surface area contributed by atoms with Gasteiger partial charge in [-0.3, -0.25) is 9.59 Å². The fourth-order valence-corrected chi connectivity index (χ4v) is 3.20. The Morgan fingerprint density at radius 1 is 1.00 bits per heavy atom. The maximum absolute atomic E-state index is 13.1. The van der Waals surface area contributed by atoms with Crippen molar-refractivity contribution >= 4 is 11.8 Å². The van der Waals surface area contributed by atoms with Gasteiger partial charge in [-0.05, 0) is 61.9 Å². The molecule has 168 valence electrons. The zero-order chi connectivity index (χ0) is 23.0. The minimum atomic E-state index is -0.604. The molecule has 0 spiro atoms. The molecule has 0 fully saturated rings. The predicted molar refractivity (Wildman–Crippen MR) is 125 cm³/mol. The van der Waals surface area contributed by atoms with Gasteiger partial charge in [-0.25, -0.2) is 0 Å². The molecular formula is C26H36N2O3. The van der Waals surface area contributed by atoms with Crippen LogP contribution in [0.15, 0.2) is 48.5 Å². The third-order valence-corrected chi connectivity index (χ3v) is 5.68. The Hall–Kier alpha value is -2.82. The first-order valence-corrected chi connectivity index (χ1v) is 11.1. The molecule has 31 heavy (non-hydrogen) atoms. The van der Waals surface area contributed by atoms with Gasteiger partial charge in [0.05, 0.1) is 0 Å². The molecule has 5 heteroatoms. The van der Waals surface area contributed by atoms with Gasteiger partial charge in [0, 0.05) is 12.6 Å². The summed E-state index contributed by atoms with van der Waals surface area (Å²) in [6.45, 7) is 12.3. The third-order valence-electron chi connectivity index (χ3n) is 5.68. The summed E-state index contributed by atoms with van der Waals surface area (Å²) in [5, 5.41) is 2.98. The number of hydrogen-bond donors (Lipinski definition) is 1. The van der Waals surface area contributed by atoms with Gasteiger partial charge >= 0.3 is 0 Å². The first-order valence-electron chi connectivity index (χ1n) is 11.1. The maximum Gasteiger partial charge on any atom is 0.261 e. The lowest BCUT2D eigenvalue weighted by Crippen LogP contribution is -2.50. The molecule has 0 saturated heterocycles. The first kappa shape index (κ1) is 24.4. The number of aryl methyl sites for hydroxylation is 1. The van der Waals surface area contributed by atoms with Crippen LogP contribution in [-0.2, 0) is 16.1 Å². The minimum Gasteiger partial charge on any atom is -0.484 e. The number of nitrogens with zero attached hydrogens (tertiary/aromatic N) is 1. The predicted octanol–water partition coefficient (Wildman–Crippen LogP) is 4.83. The zero-order valence-corrected chi connectivity index (χ0v) is 19.6. The van der Waals surface area contributed by atoms with Crippen LogP contribution in [0, 0.1) is 6.92 Å². The van der Waals surface area contributed by atoms with Crippen molar-refractivity contribution in [2.75, 3.05) is 6.61 Å². The molecule has 0 unspecified atom stereocenters. The van der Waals surface area contributed by atoms with Crippen LogP contribution in [0.2, 0.25) is 0 Å². The molecule has 0 bridgehead atoms. The lowest BCUT2D eigenvalue weighted by atomic mass is 10.0. The molecule has 2 amide bonds. The summed E-state index contributed by atoms with van der Waals surface area (Å²) in [4.78, 5) is 27.5. The number of rotatable bonds is 10. The van der Waals surface area contributed by atoms with Gasteiger partial charge in [0.15, 0.2) is 6.61 Å². The van der Waals surface area contributed by atoms with Crippen molar-refractivity contribution in [3.8, 4) is 5.75 Å². The van der Waals surface area contributed by atoms with Crippen LogP contribution in [0.25, 0.3) is 0 Å². The van der Waals surface area contributed by atoms with Crippen LogP contribution in [-0.4, -0.2) is 35.4 Å². The molecule has 0 heterocycles. The van der Waals surface area contributed by atoms with Gasteiger partial charge in [0.25, 0.3) is 5.91 Å². The van der Waals surface area contributed by atoms with Crippen LogP contribution in [0.3, 0.4) is 0 Å². The van der Waals surface area contributed by atoms with Crippen LogP contribution in [0.5, 0.6) is 5.75 Å². The third kappa shape index (κ3) is 7.12. The second kappa shape index (κ2) is 11.5. The second-order valence-corrected chi connectivity index (χ2v) is 8.45. The van der Waals surface area contributed by atoms with Crippen molar-refractivity contribution in [1.82, 2.24) is 10.2 Å². The Bertz CT molecular complexity index is 861. The molecule has 2 aromatic carbocycles. The number of carbonyl (C=O) groups excluding carboxylic acids is 2. The standard InChI is InChI=1S/C26H36N2O3/c1-7-20(5)27-26(30)21(6)28(16-23-11-9-8-10-19(23)4)25(29)17-31-24-14-12-22(13-15-24)18(2)3/h8-15,18,20-21H,7,16-17H2,1-6H3,(H,27,30)/t20-,21+/m1/s1. The average Bonchev–Trinajstić information content (AvgIpc) is 2.76. The van der Waals surface area contributed by atoms with Crippen molar-refractivity contribution in [3.63, 3.8) is 0 Å². The number of benzene rings is 2. The zero-order valence-electron chi connectivity index (χ0n) is 19.6. The Morgan fingerprint density at radius 2 is 1.65 bits per heavy atom. The largest absolute Gasteiger partial charge is 0.484 e. The van der Waals surface area contributed by atoms with Gasteiger partial charge in [-0.1, -0.05) is 57.2 Å². The van der Waals surface area contributed by atoms with E-state index < -0.39 is 6.04 Å². The van der Waals surface area contributed by atoms with Gasteiger partial charge in [0.1, 0.15) is 11.8 Å². The van der Waals surface area contributed by atoms with Crippen molar-refractivity contribution in [3.05, 3.63) is 65.2 Å². The molecule has 2 aromatic rings. The smallest absolute Gasteiger partial charge is 0.261 e. The summed E-state index contributed by atoms with van der Waals surface area (Å²) in [6.07, 6.45) is 0.833. The first-order chi connectivity index (χ1) is 14.7. The van der Waals surface area contributed by atoms with E-state index in [0.29, 0.717) is 18.2 Å². The van der Waals surface area contributed by atoms with Gasteiger partial charge in [-0.2, -0.15) is 0 Å². The number of hydrogen-bond acceptors (Lipinski definition) is 3. The summed E-state index contributed by atoms with van der Waals surface area (Å²) in [7, 11) is 0. The summed E-state index contributed by atoms with van der Waals surface area (Å²) in [6, 6.07) is 15.1. The van der Waals surface area contributed by atoms with Crippen molar-refractivity contribution in [2.45, 2.75) is 72.5 Å². The molecule has 0 aliphatic heterocycles. The van der Waals surface area contributed by atoms with Gasteiger partial charge in [0.2, 0.25) is 5.91 Å². The van der Waals surface area contributed by atoms with E-state index in [2.05, 4.69) is 19.2 Å². The molecule has 5 nitrogen and oxygen atoms in total. The molecule has 1 N–H and O–H groups in total. The summed E-state index contributed by atoms with van der Waals surface area (Å²) in [5.74, 6) is 0.705. The number of nitrogens with one attached hydrogen (secondary N) is 1. The summed E-state index contributed by atoms with van der Waals surface area (Å²) < 4.78 is 5.76.